The van der Waals surface area contributed by atoms with Gasteiger partial charge in [-0.25, -0.2) is 4.98 Å². The van der Waals surface area contributed by atoms with E-state index in [0.717, 1.165) is 37.2 Å². The summed E-state index contributed by atoms with van der Waals surface area (Å²) in [6.45, 7) is 4.82. The van der Waals surface area contributed by atoms with E-state index in [9.17, 15) is 5.11 Å². The van der Waals surface area contributed by atoms with Gasteiger partial charge in [0.25, 0.3) is 0 Å². The van der Waals surface area contributed by atoms with Crippen molar-refractivity contribution in [2.24, 2.45) is 5.92 Å². The molecule has 0 spiro atoms. The zero-order valence-electron chi connectivity index (χ0n) is 13.8. The highest BCUT2D eigenvalue weighted by Gasteiger charge is 2.37. The SMILES string of the molecule is COc1ccc([C@]2(O)CC[C@H](N3CCCC(C)C3)CC2)cn1. The van der Waals surface area contributed by atoms with Crippen LogP contribution < -0.4 is 4.74 Å². The number of hydrogen-bond donors (Lipinski definition) is 1. The first-order valence-electron chi connectivity index (χ1n) is 8.58. The van der Waals surface area contributed by atoms with Crippen LogP contribution in [-0.2, 0) is 5.60 Å². The molecule has 1 aromatic rings. The molecule has 4 heteroatoms. The van der Waals surface area contributed by atoms with Crippen molar-refractivity contribution in [3.8, 4) is 5.88 Å². The number of ether oxygens (including phenoxy) is 1. The van der Waals surface area contributed by atoms with Gasteiger partial charge in [0.15, 0.2) is 0 Å². The van der Waals surface area contributed by atoms with Crippen LogP contribution in [0, 0.1) is 5.92 Å². The number of aliphatic hydroxyl groups is 1. The zero-order chi connectivity index (χ0) is 15.6. The van der Waals surface area contributed by atoms with E-state index in [1.807, 2.05) is 12.1 Å². The van der Waals surface area contributed by atoms with Gasteiger partial charge in [-0.2, -0.15) is 0 Å². The first kappa shape index (κ1) is 15.8. The predicted octanol–water partition coefficient (Wildman–Crippen LogP) is 2.95. The molecule has 1 N–H and O–H groups in total. The van der Waals surface area contributed by atoms with E-state index < -0.39 is 5.60 Å². The Morgan fingerprint density at radius 3 is 2.64 bits per heavy atom. The maximum absolute atomic E-state index is 11.0. The fourth-order valence-corrected chi connectivity index (χ4v) is 4.07. The minimum absolute atomic E-state index is 0.600. The van der Waals surface area contributed by atoms with Crippen LogP contribution >= 0.6 is 0 Å². The Morgan fingerprint density at radius 1 is 1.27 bits per heavy atom. The molecular formula is C18H28N2O2. The lowest BCUT2D eigenvalue weighted by molar-refractivity contribution is -0.0304. The fourth-order valence-electron chi connectivity index (χ4n) is 4.07. The smallest absolute Gasteiger partial charge is 0.212 e. The molecule has 122 valence electrons. The number of hydrogen-bond acceptors (Lipinski definition) is 4. The summed E-state index contributed by atoms with van der Waals surface area (Å²) in [4.78, 5) is 6.90. The Hall–Kier alpha value is -1.13. The molecule has 3 rings (SSSR count). The highest BCUT2D eigenvalue weighted by Crippen LogP contribution is 2.39. The molecule has 0 aromatic carbocycles. The van der Waals surface area contributed by atoms with E-state index in [-0.39, 0.29) is 0 Å². The topological polar surface area (TPSA) is 45.6 Å². The molecule has 1 saturated heterocycles. The largest absolute Gasteiger partial charge is 0.481 e. The van der Waals surface area contributed by atoms with Gasteiger partial charge in [0, 0.05) is 30.4 Å². The number of nitrogens with zero attached hydrogens (tertiary/aromatic N) is 2. The molecule has 22 heavy (non-hydrogen) atoms. The van der Waals surface area contributed by atoms with Crippen LogP contribution in [0.1, 0.15) is 51.0 Å². The van der Waals surface area contributed by atoms with Crippen molar-refractivity contribution >= 4 is 0 Å². The van der Waals surface area contributed by atoms with E-state index in [0.29, 0.717) is 11.9 Å². The molecular weight excluding hydrogens is 276 g/mol. The third-order valence-corrected chi connectivity index (χ3v) is 5.47. The van der Waals surface area contributed by atoms with Crippen molar-refractivity contribution in [2.75, 3.05) is 20.2 Å². The molecule has 0 bridgehead atoms. The number of piperidine rings is 1. The van der Waals surface area contributed by atoms with Crippen molar-refractivity contribution in [2.45, 2.75) is 57.1 Å². The van der Waals surface area contributed by atoms with E-state index >= 15 is 0 Å². The highest BCUT2D eigenvalue weighted by atomic mass is 16.5. The van der Waals surface area contributed by atoms with Crippen molar-refractivity contribution in [1.29, 1.82) is 0 Å². The summed E-state index contributed by atoms with van der Waals surface area (Å²) >= 11 is 0. The summed E-state index contributed by atoms with van der Waals surface area (Å²) in [7, 11) is 1.61. The van der Waals surface area contributed by atoms with Gasteiger partial charge in [-0.3, -0.25) is 0 Å². The lowest BCUT2D eigenvalue weighted by Gasteiger charge is -2.43. The van der Waals surface area contributed by atoms with Crippen LogP contribution in [0.4, 0.5) is 0 Å². The summed E-state index contributed by atoms with van der Waals surface area (Å²) in [5, 5.41) is 11.0. The molecule has 2 aliphatic rings. The quantitative estimate of drug-likeness (QED) is 0.932. The molecule has 1 aliphatic heterocycles. The summed E-state index contributed by atoms with van der Waals surface area (Å²) in [6, 6.07) is 4.44. The maximum atomic E-state index is 11.0. The van der Waals surface area contributed by atoms with Crippen molar-refractivity contribution < 1.29 is 9.84 Å². The molecule has 1 aromatic heterocycles. The normalized spacial score (nSPS) is 33.6. The van der Waals surface area contributed by atoms with Crippen molar-refractivity contribution in [3.05, 3.63) is 23.9 Å². The average molecular weight is 304 g/mol. The Balaban J connectivity index is 1.62. The molecule has 1 aliphatic carbocycles. The van der Waals surface area contributed by atoms with Gasteiger partial charge in [-0.15, -0.1) is 0 Å². The fraction of sp³-hybridized carbons (Fsp3) is 0.722. The maximum Gasteiger partial charge on any atom is 0.212 e. The number of pyridine rings is 1. The van der Waals surface area contributed by atoms with E-state index in [1.165, 1.54) is 25.9 Å². The second-order valence-electron chi connectivity index (χ2n) is 7.09. The van der Waals surface area contributed by atoms with Gasteiger partial charge in [-0.1, -0.05) is 6.92 Å². The minimum atomic E-state index is -0.711. The molecule has 1 unspecified atom stereocenters. The average Bonchev–Trinajstić information content (AvgIpc) is 2.55. The Kier molecular flexibility index (Phi) is 4.69. The summed E-state index contributed by atoms with van der Waals surface area (Å²) in [5.41, 5.74) is 0.218. The molecule has 0 amide bonds. The van der Waals surface area contributed by atoms with Gasteiger partial charge >= 0.3 is 0 Å². The summed E-state index contributed by atoms with van der Waals surface area (Å²) < 4.78 is 5.10. The van der Waals surface area contributed by atoms with Crippen LogP contribution in [0.3, 0.4) is 0 Å². The molecule has 2 heterocycles. The van der Waals surface area contributed by atoms with Gasteiger partial charge in [0.2, 0.25) is 5.88 Å². The Morgan fingerprint density at radius 2 is 2.05 bits per heavy atom. The lowest BCUT2D eigenvalue weighted by atomic mass is 9.77. The third-order valence-electron chi connectivity index (χ3n) is 5.47. The van der Waals surface area contributed by atoms with Crippen molar-refractivity contribution in [1.82, 2.24) is 9.88 Å². The van der Waals surface area contributed by atoms with Crippen LogP contribution in [0.15, 0.2) is 18.3 Å². The van der Waals surface area contributed by atoms with Gasteiger partial charge < -0.3 is 14.7 Å². The van der Waals surface area contributed by atoms with Crippen LogP contribution in [0.2, 0.25) is 0 Å². The summed E-state index contributed by atoms with van der Waals surface area (Å²) in [6.07, 6.45) is 8.27. The minimum Gasteiger partial charge on any atom is -0.481 e. The van der Waals surface area contributed by atoms with Gasteiger partial charge in [0.1, 0.15) is 0 Å². The highest BCUT2D eigenvalue weighted by molar-refractivity contribution is 5.24. The standard InChI is InChI=1S/C18H28N2O2/c1-14-4-3-11-20(13-14)16-7-9-18(21,10-8-16)15-5-6-17(22-2)19-12-15/h5-6,12,14,16,21H,3-4,7-11,13H2,1-2H3/t14?,16-,18-. The number of aromatic nitrogens is 1. The monoisotopic (exact) mass is 304 g/mol. The van der Waals surface area contributed by atoms with Crippen LogP contribution in [0.25, 0.3) is 0 Å². The van der Waals surface area contributed by atoms with E-state index in [2.05, 4.69) is 16.8 Å². The number of rotatable bonds is 3. The Bertz CT molecular complexity index is 480. The number of methoxy groups -OCH3 is 1. The molecule has 0 radical (unpaired) electrons. The second-order valence-corrected chi connectivity index (χ2v) is 7.09. The van der Waals surface area contributed by atoms with Crippen molar-refractivity contribution in [3.63, 3.8) is 0 Å². The second kappa shape index (κ2) is 6.55. The Labute approximate surface area is 133 Å². The predicted molar refractivity (Wildman–Crippen MR) is 86.9 cm³/mol. The number of likely N-dealkylation sites (tertiary alicyclic amines) is 1. The molecule has 1 saturated carbocycles. The first-order valence-corrected chi connectivity index (χ1v) is 8.58. The third kappa shape index (κ3) is 3.28. The zero-order valence-corrected chi connectivity index (χ0v) is 13.8. The van der Waals surface area contributed by atoms with Gasteiger partial charge in [-0.05, 0) is 57.1 Å². The van der Waals surface area contributed by atoms with Crippen LogP contribution in [0.5, 0.6) is 5.88 Å². The van der Waals surface area contributed by atoms with E-state index in [1.54, 1.807) is 13.3 Å². The van der Waals surface area contributed by atoms with E-state index in [4.69, 9.17) is 4.74 Å². The molecule has 2 fully saturated rings. The summed E-state index contributed by atoms with van der Waals surface area (Å²) in [5.74, 6) is 1.42. The van der Waals surface area contributed by atoms with Gasteiger partial charge in [0.05, 0.1) is 12.7 Å². The lowest BCUT2D eigenvalue weighted by Crippen LogP contribution is -2.46. The van der Waals surface area contributed by atoms with Crippen LogP contribution in [-0.4, -0.2) is 41.2 Å². The molecule has 4 nitrogen and oxygen atoms in total. The first-order chi connectivity index (χ1) is 10.6. The molecule has 1 atom stereocenters.